The fraction of sp³-hybridized carbons (Fsp3) is 0. The van der Waals surface area contributed by atoms with Gasteiger partial charge in [-0.25, -0.2) is 9.97 Å². The van der Waals surface area contributed by atoms with Gasteiger partial charge in [0.2, 0.25) is 0 Å². The van der Waals surface area contributed by atoms with E-state index < -0.39 is 11.4 Å². The molecule has 0 unspecified atom stereocenters. The third-order valence-corrected chi connectivity index (χ3v) is 2.80. The van der Waals surface area contributed by atoms with Crippen LogP contribution in [0.2, 0.25) is 0 Å². The van der Waals surface area contributed by atoms with Crippen LogP contribution in [0.15, 0.2) is 35.8 Å². The van der Waals surface area contributed by atoms with Gasteiger partial charge >= 0.3 is 0 Å². The first-order valence-electron chi connectivity index (χ1n) is 4.81. The van der Waals surface area contributed by atoms with Crippen LogP contribution in [-0.2, 0) is 11.4 Å². The molecule has 0 bridgehead atoms. The molecule has 2 heterocycles. The highest BCUT2D eigenvalue weighted by atomic mass is 32.2. The average Bonchev–Trinajstić information content (AvgIpc) is 2.97. The Kier molecular flexibility index (Phi) is 4.15. The number of para-hydroxylation sites is 2. The minimum absolute atomic E-state index is 0.848. The number of rotatable bonds is 1. The van der Waals surface area contributed by atoms with Crippen LogP contribution in [0.3, 0.4) is 0 Å². The molecule has 3 aromatic rings. The first-order chi connectivity index (χ1) is 8.66. The van der Waals surface area contributed by atoms with Gasteiger partial charge in [-0.1, -0.05) is 12.1 Å². The molecule has 0 saturated heterocycles. The summed E-state index contributed by atoms with van der Waals surface area (Å²) >= 11 is -1.02. The van der Waals surface area contributed by atoms with Crippen molar-refractivity contribution in [2.75, 3.05) is 0 Å². The van der Waals surface area contributed by atoms with Crippen LogP contribution in [0.25, 0.3) is 21.9 Å². The molecule has 8 heteroatoms. The van der Waals surface area contributed by atoms with Gasteiger partial charge in [-0.3, -0.25) is 9.11 Å². The van der Waals surface area contributed by atoms with Gasteiger partial charge in [-0.15, -0.1) is 11.3 Å². The number of aromatic nitrogens is 3. The molecule has 0 atom stereocenters. The zero-order valence-electron chi connectivity index (χ0n) is 8.98. The molecule has 2 aromatic heterocycles. The number of aromatic amines is 1. The van der Waals surface area contributed by atoms with E-state index in [1.807, 2.05) is 29.6 Å². The fourth-order valence-corrected chi connectivity index (χ4v) is 1.98. The predicted molar refractivity (Wildman–Crippen MR) is 70.6 cm³/mol. The van der Waals surface area contributed by atoms with Crippen molar-refractivity contribution in [1.29, 1.82) is 0 Å². The summed E-state index contributed by atoms with van der Waals surface area (Å²) in [6.07, 6.45) is 1.78. The maximum atomic E-state index is 8.67. The lowest BCUT2D eigenvalue weighted by atomic mass is 10.3. The number of fused-ring (bicyclic) bond motifs is 1. The van der Waals surface area contributed by atoms with Gasteiger partial charge in [-0.2, -0.15) is 4.21 Å². The Labute approximate surface area is 109 Å². The fourth-order valence-electron chi connectivity index (χ4n) is 1.39. The molecular formula is C10H9N3O3S2. The van der Waals surface area contributed by atoms with E-state index >= 15 is 0 Å². The van der Waals surface area contributed by atoms with Gasteiger partial charge in [0.25, 0.3) is 11.4 Å². The van der Waals surface area contributed by atoms with Crippen molar-refractivity contribution in [3.63, 3.8) is 0 Å². The standard InChI is InChI=1S/C10H7N3S.H2O3S/c1-2-4-8-7(3-1)12-9(13-8)10-11-5-6-14-10;1-4(2)3/h1-6H,(H,12,13);(H2,1,2,3). The molecule has 3 rings (SSSR count). The lowest BCUT2D eigenvalue weighted by Crippen LogP contribution is -1.76. The Bertz CT molecular complexity index is 614. The van der Waals surface area contributed by atoms with Crippen molar-refractivity contribution < 1.29 is 13.3 Å². The minimum atomic E-state index is -2.61. The number of nitrogens with zero attached hydrogens (tertiary/aromatic N) is 2. The maximum absolute atomic E-state index is 8.67. The summed E-state index contributed by atoms with van der Waals surface area (Å²) in [5.74, 6) is 0.848. The number of hydrogen-bond donors (Lipinski definition) is 3. The highest BCUT2D eigenvalue weighted by Crippen LogP contribution is 2.21. The number of thiazole rings is 1. The van der Waals surface area contributed by atoms with Crippen molar-refractivity contribution in [2.24, 2.45) is 0 Å². The normalized spacial score (nSPS) is 10.4. The molecule has 0 amide bonds. The first kappa shape index (κ1) is 12.8. The van der Waals surface area contributed by atoms with Crippen molar-refractivity contribution >= 4 is 33.7 Å². The van der Waals surface area contributed by atoms with E-state index in [4.69, 9.17) is 13.3 Å². The van der Waals surface area contributed by atoms with Gasteiger partial charge in [0, 0.05) is 11.6 Å². The lowest BCUT2D eigenvalue weighted by Gasteiger charge is -1.84. The Morgan fingerprint density at radius 1 is 1.28 bits per heavy atom. The van der Waals surface area contributed by atoms with Crippen LogP contribution < -0.4 is 0 Å². The molecule has 94 valence electrons. The van der Waals surface area contributed by atoms with E-state index in [2.05, 4.69) is 15.0 Å². The van der Waals surface area contributed by atoms with Gasteiger partial charge in [0.1, 0.15) is 0 Å². The Morgan fingerprint density at radius 3 is 2.61 bits per heavy atom. The summed E-state index contributed by atoms with van der Waals surface area (Å²) in [4.78, 5) is 11.9. The van der Waals surface area contributed by atoms with Gasteiger partial charge in [0.15, 0.2) is 10.8 Å². The van der Waals surface area contributed by atoms with Gasteiger partial charge < -0.3 is 4.98 Å². The van der Waals surface area contributed by atoms with Gasteiger partial charge in [0.05, 0.1) is 11.0 Å². The van der Waals surface area contributed by atoms with Gasteiger partial charge in [-0.05, 0) is 12.1 Å². The number of hydrogen-bond acceptors (Lipinski definition) is 4. The summed E-state index contributed by atoms with van der Waals surface area (Å²) in [7, 11) is 0. The molecule has 0 aliphatic carbocycles. The number of H-pyrrole nitrogens is 1. The summed E-state index contributed by atoms with van der Waals surface area (Å²) in [5.41, 5.74) is 2.04. The second kappa shape index (κ2) is 5.83. The van der Waals surface area contributed by atoms with E-state index in [-0.39, 0.29) is 0 Å². The van der Waals surface area contributed by atoms with Crippen LogP contribution >= 0.6 is 11.3 Å². The minimum Gasteiger partial charge on any atom is -0.336 e. The summed E-state index contributed by atoms with van der Waals surface area (Å²) in [6, 6.07) is 7.98. The van der Waals surface area contributed by atoms with Crippen LogP contribution in [-0.4, -0.2) is 28.3 Å². The quantitative estimate of drug-likeness (QED) is 0.595. The topological polar surface area (TPSA) is 99.1 Å². The average molecular weight is 283 g/mol. The first-order valence-corrected chi connectivity index (χ1v) is 6.75. The highest BCUT2D eigenvalue weighted by molar-refractivity contribution is 7.73. The summed E-state index contributed by atoms with van der Waals surface area (Å²) < 4.78 is 22.8. The van der Waals surface area contributed by atoms with Crippen molar-refractivity contribution in [2.45, 2.75) is 0 Å². The number of benzene rings is 1. The third kappa shape index (κ3) is 3.20. The molecule has 0 spiro atoms. The third-order valence-electron chi connectivity index (χ3n) is 2.02. The number of imidazole rings is 1. The lowest BCUT2D eigenvalue weighted by molar-refractivity contribution is 0.454. The molecule has 1 aromatic carbocycles. The zero-order valence-corrected chi connectivity index (χ0v) is 10.6. The Morgan fingerprint density at radius 2 is 2.00 bits per heavy atom. The molecule has 18 heavy (non-hydrogen) atoms. The van der Waals surface area contributed by atoms with E-state index in [0.717, 1.165) is 21.9 Å². The molecule has 0 fully saturated rings. The Balaban J connectivity index is 0.000000267. The SMILES string of the molecule is O=S(O)O.c1ccc2[nH]c(-c3nccs3)nc2c1. The maximum Gasteiger partial charge on any atom is 0.299 e. The molecule has 3 N–H and O–H groups in total. The molecule has 0 aliphatic rings. The summed E-state index contributed by atoms with van der Waals surface area (Å²) in [5, 5.41) is 2.88. The van der Waals surface area contributed by atoms with E-state index in [9.17, 15) is 0 Å². The van der Waals surface area contributed by atoms with Crippen LogP contribution in [0.5, 0.6) is 0 Å². The predicted octanol–water partition coefficient (Wildman–Crippen LogP) is 2.37. The summed E-state index contributed by atoms with van der Waals surface area (Å²) in [6.45, 7) is 0. The second-order valence-electron chi connectivity index (χ2n) is 3.17. The van der Waals surface area contributed by atoms with Crippen molar-refractivity contribution in [1.82, 2.24) is 15.0 Å². The largest absolute Gasteiger partial charge is 0.336 e. The van der Waals surface area contributed by atoms with Crippen molar-refractivity contribution in [3.05, 3.63) is 35.8 Å². The van der Waals surface area contributed by atoms with Crippen LogP contribution in [0.1, 0.15) is 0 Å². The molecular weight excluding hydrogens is 274 g/mol. The zero-order chi connectivity index (χ0) is 13.0. The number of nitrogens with one attached hydrogen (secondary N) is 1. The molecule has 0 radical (unpaired) electrons. The van der Waals surface area contributed by atoms with E-state index in [1.54, 1.807) is 17.5 Å². The van der Waals surface area contributed by atoms with Crippen molar-refractivity contribution in [3.8, 4) is 10.8 Å². The smallest absolute Gasteiger partial charge is 0.299 e. The molecule has 6 nitrogen and oxygen atoms in total. The Hall–Kier alpha value is -1.61. The van der Waals surface area contributed by atoms with E-state index in [0.29, 0.717) is 0 Å². The van der Waals surface area contributed by atoms with Crippen LogP contribution in [0.4, 0.5) is 0 Å². The molecule has 0 saturated carbocycles. The molecule has 0 aliphatic heterocycles. The van der Waals surface area contributed by atoms with Crippen LogP contribution in [0, 0.1) is 0 Å². The second-order valence-corrected chi connectivity index (χ2v) is 4.53. The van der Waals surface area contributed by atoms with E-state index in [1.165, 1.54) is 0 Å². The highest BCUT2D eigenvalue weighted by Gasteiger charge is 2.05. The monoisotopic (exact) mass is 283 g/mol.